The summed E-state index contributed by atoms with van der Waals surface area (Å²) in [4.78, 5) is 39.0. The summed E-state index contributed by atoms with van der Waals surface area (Å²) in [6, 6.07) is 9.29. The Morgan fingerprint density at radius 1 is 1.00 bits per heavy atom. The average molecular weight is 341 g/mol. The van der Waals surface area contributed by atoms with Gasteiger partial charge in [-0.15, -0.1) is 0 Å². The molecule has 0 bridgehead atoms. The number of benzene rings is 2. The maximum absolute atomic E-state index is 12.7. The number of carbonyl (C=O) groups is 3. The summed E-state index contributed by atoms with van der Waals surface area (Å²) < 4.78 is 0. The fourth-order valence-corrected chi connectivity index (χ4v) is 3.82. The van der Waals surface area contributed by atoms with Crippen LogP contribution in [0.15, 0.2) is 36.4 Å². The molecule has 0 aromatic heterocycles. The third-order valence-corrected chi connectivity index (χ3v) is 4.95. The van der Waals surface area contributed by atoms with Crippen molar-refractivity contribution in [2.24, 2.45) is 0 Å². The molecule has 120 valence electrons. The molecule has 0 saturated heterocycles. The van der Waals surface area contributed by atoms with Gasteiger partial charge in [0.05, 0.1) is 17.2 Å². The summed E-state index contributed by atoms with van der Waals surface area (Å²) in [6.07, 6.45) is 0.566. The van der Waals surface area contributed by atoms with Crippen LogP contribution < -0.4 is 5.73 Å². The van der Waals surface area contributed by atoms with Crippen molar-refractivity contribution in [1.82, 2.24) is 4.90 Å². The largest absolute Gasteiger partial charge is 0.398 e. The van der Waals surface area contributed by atoms with Gasteiger partial charge >= 0.3 is 0 Å². The maximum atomic E-state index is 12.7. The Labute approximate surface area is 143 Å². The van der Waals surface area contributed by atoms with Gasteiger partial charge in [-0.25, -0.2) is 0 Å². The van der Waals surface area contributed by atoms with Crippen LogP contribution in [0.1, 0.15) is 55.5 Å². The van der Waals surface area contributed by atoms with Crippen molar-refractivity contribution in [2.75, 3.05) is 5.73 Å². The van der Waals surface area contributed by atoms with E-state index in [9.17, 15) is 14.4 Å². The minimum atomic E-state index is -0.582. The van der Waals surface area contributed by atoms with E-state index in [-0.39, 0.29) is 24.0 Å². The normalized spacial score (nSPS) is 19.5. The number of nitrogen functional groups attached to an aromatic ring is 1. The maximum Gasteiger partial charge on any atom is 0.262 e. The van der Waals surface area contributed by atoms with Gasteiger partial charge in [-0.3, -0.25) is 19.3 Å². The van der Waals surface area contributed by atoms with Crippen LogP contribution in [0.2, 0.25) is 5.02 Å². The molecule has 2 aromatic rings. The molecule has 4 rings (SSSR count). The summed E-state index contributed by atoms with van der Waals surface area (Å²) in [5, 5.41) is 0.341. The zero-order valence-electron chi connectivity index (χ0n) is 12.6. The van der Waals surface area contributed by atoms with E-state index in [1.54, 1.807) is 36.4 Å². The molecule has 1 unspecified atom stereocenters. The zero-order chi connectivity index (χ0) is 17.0. The van der Waals surface area contributed by atoms with Crippen LogP contribution in [0.3, 0.4) is 0 Å². The lowest BCUT2D eigenvalue weighted by molar-refractivity contribution is 0.0557. The SMILES string of the molecule is Nc1ccc(Cl)c2c1C(=O)CCC2N1C(=O)c2ccccc2C1=O. The Morgan fingerprint density at radius 3 is 2.25 bits per heavy atom. The molecule has 1 heterocycles. The lowest BCUT2D eigenvalue weighted by atomic mass is 9.84. The molecule has 6 heteroatoms. The molecule has 1 aliphatic carbocycles. The van der Waals surface area contributed by atoms with Gasteiger partial charge in [-0.1, -0.05) is 23.7 Å². The van der Waals surface area contributed by atoms with Gasteiger partial charge in [-0.2, -0.15) is 0 Å². The van der Waals surface area contributed by atoms with E-state index in [4.69, 9.17) is 17.3 Å². The molecule has 0 saturated carbocycles. The van der Waals surface area contributed by atoms with Gasteiger partial charge in [0.15, 0.2) is 5.78 Å². The number of rotatable bonds is 1. The number of imide groups is 1. The Bertz CT molecular complexity index is 887. The van der Waals surface area contributed by atoms with Crippen LogP contribution in [-0.4, -0.2) is 22.5 Å². The molecule has 5 nitrogen and oxygen atoms in total. The predicted molar refractivity (Wildman–Crippen MR) is 89.1 cm³/mol. The summed E-state index contributed by atoms with van der Waals surface area (Å²) in [5.74, 6) is -0.836. The molecule has 2 N–H and O–H groups in total. The first-order valence-corrected chi connectivity index (χ1v) is 7.96. The van der Waals surface area contributed by atoms with Gasteiger partial charge in [0.25, 0.3) is 11.8 Å². The highest BCUT2D eigenvalue weighted by atomic mass is 35.5. The number of ketones is 1. The molecule has 0 spiro atoms. The van der Waals surface area contributed by atoms with Crippen molar-refractivity contribution in [3.05, 3.63) is 63.7 Å². The third kappa shape index (κ3) is 1.91. The highest BCUT2D eigenvalue weighted by Gasteiger charge is 2.43. The number of hydrogen-bond donors (Lipinski definition) is 1. The number of carbonyl (C=O) groups excluding carboxylic acids is 3. The zero-order valence-corrected chi connectivity index (χ0v) is 13.3. The Morgan fingerprint density at radius 2 is 1.62 bits per heavy atom. The van der Waals surface area contributed by atoms with Gasteiger partial charge in [-0.05, 0) is 30.7 Å². The number of halogens is 1. The first kappa shape index (κ1) is 14.9. The van der Waals surface area contributed by atoms with Crippen molar-refractivity contribution < 1.29 is 14.4 Å². The number of fused-ring (bicyclic) bond motifs is 2. The average Bonchev–Trinajstić information content (AvgIpc) is 2.83. The first-order valence-electron chi connectivity index (χ1n) is 7.58. The van der Waals surface area contributed by atoms with Crippen LogP contribution in [-0.2, 0) is 0 Å². The molecule has 0 fully saturated rings. The summed E-state index contributed by atoms with van der Waals surface area (Å²) in [7, 11) is 0. The van der Waals surface area contributed by atoms with E-state index >= 15 is 0 Å². The highest BCUT2D eigenvalue weighted by molar-refractivity contribution is 6.32. The fraction of sp³-hybridized carbons (Fsp3) is 0.167. The molecule has 0 radical (unpaired) electrons. The van der Waals surface area contributed by atoms with Crippen LogP contribution in [0.5, 0.6) is 0 Å². The standard InChI is InChI=1S/C18H13ClN2O3/c19-11-5-6-12(20)16-14(22)8-7-13(15(11)16)21-17(23)9-3-1-2-4-10(9)18(21)24/h1-6,13H,7-8,20H2. The van der Waals surface area contributed by atoms with E-state index in [1.165, 1.54) is 4.90 Å². The number of Topliss-reactive ketones (excluding diaryl/α,β-unsaturated/α-hetero) is 1. The number of hydrogen-bond acceptors (Lipinski definition) is 4. The molecule has 24 heavy (non-hydrogen) atoms. The van der Waals surface area contributed by atoms with Gasteiger partial charge < -0.3 is 5.73 Å². The van der Waals surface area contributed by atoms with Crippen LogP contribution in [0.25, 0.3) is 0 Å². The van der Waals surface area contributed by atoms with Crippen molar-refractivity contribution >= 4 is 34.9 Å². The summed E-state index contributed by atoms with van der Waals surface area (Å²) >= 11 is 6.30. The molecule has 2 amide bonds. The molecular formula is C18H13ClN2O3. The van der Waals surface area contributed by atoms with Gasteiger partial charge in [0, 0.05) is 28.3 Å². The first-order chi connectivity index (χ1) is 11.5. The minimum absolute atomic E-state index is 0.113. The topological polar surface area (TPSA) is 80.5 Å². The number of nitrogens with zero attached hydrogens (tertiary/aromatic N) is 1. The van der Waals surface area contributed by atoms with Crippen LogP contribution in [0.4, 0.5) is 5.69 Å². The van der Waals surface area contributed by atoms with Gasteiger partial charge in [0.1, 0.15) is 0 Å². The van der Waals surface area contributed by atoms with Crippen molar-refractivity contribution in [2.45, 2.75) is 18.9 Å². The third-order valence-electron chi connectivity index (χ3n) is 4.62. The van der Waals surface area contributed by atoms with E-state index < -0.39 is 6.04 Å². The highest BCUT2D eigenvalue weighted by Crippen LogP contribution is 2.43. The molecule has 1 aliphatic heterocycles. The van der Waals surface area contributed by atoms with E-state index in [0.717, 1.165) is 0 Å². The lowest BCUT2D eigenvalue weighted by Gasteiger charge is -2.32. The monoisotopic (exact) mass is 340 g/mol. The lowest BCUT2D eigenvalue weighted by Crippen LogP contribution is -2.37. The Hall–Kier alpha value is -2.66. The second kappa shape index (κ2) is 5.18. The van der Waals surface area contributed by atoms with E-state index in [0.29, 0.717) is 39.4 Å². The number of nitrogens with two attached hydrogens (primary N) is 1. The Kier molecular flexibility index (Phi) is 3.21. The number of anilines is 1. The predicted octanol–water partition coefficient (Wildman–Crippen LogP) is 3.24. The van der Waals surface area contributed by atoms with E-state index in [1.807, 2.05) is 0 Å². The Balaban J connectivity index is 1.88. The molecule has 2 aliphatic rings. The second-order valence-corrected chi connectivity index (χ2v) is 6.34. The quantitative estimate of drug-likeness (QED) is 0.638. The summed E-state index contributed by atoms with van der Waals surface area (Å²) in [6.45, 7) is 0. The molecule has 2 aromatic carbocycles. The van der Waals surface area contributed by atoms with E-state index in [2.05, 4.69) is 0 Å². The van der Waals surface area contributed by atoms with Crippen LogP contribution >= 0.6 is 11.6 Å². The van der Waals surface area contributed by atoms with Gasteiger partial charge in [0.2, 0.25) is 0 Å². The second-order valence-electron chi connectivity index (χ2n) is 5.93. The van der Waals surface area contributed by atoms with Crippen molar-refractivity contribution in [3.63, 3.8) is 0 Å². The summed E-state index contributed by atoms with van der Waals surface area (Å²) in [5.41, 5.74) is 7.82. The molecular weight excluding hydrogens is 328 g/mol. The molecule has 1 atom stereocenters. The van der Waals surface area contributed by atoms with Crippen LogP contribution in [0, 0.1) is 0 Å². The smallest absolute Gasteiger partial charge is 0.262 e. The minimum Gasteiger partial charge on any atom is -0.398 e. The van der Waals surface area contributed by atoms with Crippen molar-refractivity contribution in [3.8, 4) is 0 Å². The number of amides is 2. The fourth-order valence-electron chi connectivity index (χ4n) is 3.53. The van der Waals surface area contributed by atoms with Crippen molar-refractivity contribution in [1.29, 1.82) is 0 Å².